The summed E-state index contributed by atoms with van der Waals surface area (Å²) in [7, 11) is -0.527. The van der Waals surface area contributed by atoms with E-state index in [2.05, 4.69) is 15.5 Å². The van der Waals surface area contributed by atoms with E-state index in [1.807, 2.05) is 29.2 Å². The fraction of sp³-hybridized carbons (Fsp3) is 0.417. The molecular weight excluding hydrogens is 255 g/mol. The lowest BCUT2D eigenvalue weighted by atomic mass is 9.87. The van der Waals surface area contributed by atoms with E-state index in [1.54, 1.807) is 11.5 Å². The van der Waals surface area contributed by atoms with E-state index in [0.29, 0.717) is 12.5 Å². The Bertz CT molecular complexity index is 627. The van der Waals surface area contributed by atoms with Crippen LogP contribution < -0.4 is 5.23 Å². The number of aromatic nitrogens is 3. The van der Waals surface area contributed by atoms with E-state index in [-0.39, 0.29) is 6.04 Å². The molecule has 1 atom stereocenters. The molecule has 104 valence electrons. The van der Waals surface area contributed by atoms with Gasteiger partial charge in [0.15, 0.2) is 0 Å². The number of hydrogen-bond donors (Lipinski definition) is 3. The lowest BCUT2D eigenvalue weighted by molar-refractivity contribution is 0.466. The Balaban J connectivity index is 1.77. The Morgan fingerprint density at radius 2 is 2.30 bits per heavy atom. The Kier molecular flexibility index (Phi) is 3.41. The predicted octanol–water partition coefficient (Wildman–Crippen LogP) is -0.0116. The topological polar surface area (TPSA) is 90.1 Å². The zero-order valence-electron chi connectivity index (χ0n) is 11.3. The molecule has 20 heavy (non-hydrogen) atoms. The highest BCUT2D eigenvalue weighted by Gasteiger charge is 2.27. The summed E-state index contributed by atoms with van der Waals surface area (Å²) in [5, 5.41) is 28.9. The van der Waals surface area contributed by atoms with E-state index < -0.39 is 7.05 Å². The Hall–Kier alpha value is -1.93. The first-order valence-corrected chi connectivity index (χ1v) is 6.73. The second kappa shape index (κ2) is 5.22. The summed E-state index contributed by atoms with van der Waals surface area (Å²) in [6, 6.07) is 7.81. The third kappa shape index (κ3) is 2.39. The summed E-state index contributed by atoms with van der Waals surface area (Å²) in [6.07, 6.45) is 0.903. The molecule has 1 aliphatic heterocycles. The van der Waals surface area contributed by atoms with E-state index >= 15 is 0 Å². The van der Waals surface area contributed by atoms with Crippen LogP contribution in [0.15, 0.2) is 24.3 Å². The largest absolute Gasteiger partial charge is 0.437 e. The molecule has 0 aliphatic carbocycles. The normalized spacial score (nSPS) is 18.7. The third-order valence-corrected chi connectivity index (χ3v) is 3.52. The van der Waals surface area contributed by atoms with Gasteiger partial charge in [-0.15, -0.1) is 5.10 Å². The summed E-state index contributed by atoms with van der Waals surface area (Å²) in [5.74, 6) is 0.327. The number of nitrogens with one attached hydrogen (secondary N) is 2. The van der Waals surface area contributed by atoms with Crippen molar-refractivity contribution in [1.29, 1.82) is 5.41 Å². The maximum absolute atomic E-state index is 9.35. The molecule has 3 rings (SSSR count). The standard InChI is InChI=1S/C12H17BN6O/c1-13(20)15-9-6-7-18(8-9)12(14)19-11-5-3-2-4-10(11)16-17-19/h2-5,9,14-15,20H,6-8H2,1H3. The van der Waals surface area contributed by atoms with Crippen LogP contribution in [0.4, 0.5) is 0 Å². The zero-order chi connectivity index (χ0) is 14.1. The average Bonchev–Trinajstić information content (AvgIpc) is 3.03. The highest BCUT2D eigenvalue weighted by atomic mass is 16.2. The van der Waals surface area contributed by atoms with Gasteiger partial charge in [-0.05, 0) is 25.4 Å². The maximum Gasteiger partial charge on any atom is 0.373 e. The predicted molar refractivity (Wildman–Crippen MR) is 77.6 cm³/mol. The van der Waals surface area contributed by atoms with Gasteiger partial charge in [0.05, 0.1) is 5.52 Å². The van der Waals surface area contributed by atoms with Gasteiger partial charge in [-0.2, -0.15) is 4.68 Å². The average molecular weight is 272 g/mol. The summed E-state index contributed by atoms with van der Waals surface area (Å²) in [4.78, 5) is 1.95. The van der Waals surface area contributed by atoms with Crippen LogP contribution in [0.5, 0.6) is 0 Å². The summed E-state index contributed by atoms with van der Waals surface area (Å²) < 4.78 is 1.56. The maximum atomic E-state index is 9.35. The van der Waals surface area contributed by atoms with E-state index in [9.17, 15) is 5.02 Å². The van der Waals surface area contributed by atoms with Gasteiger partial charge in [-0.1, -0.05) is 17.3 Å². The van der Waals surface area contributed by atoms with Gasteiger partial charge in [0.2, 0.25) is 5.96 Å². The van der Waals surface area contributed by atoms with Crippen LogP contribution in [0, 0.1) is 5.41 Å². The molecule has 1 unspecified atom stereocenters. The van der Waals surface area contributed by atoms with Gasteiger partial charge in [0, 0.05) is 19.1 Å². The highest BCUT2D eigenvalue weighted by molar-refractivity contribution is 6.45. The number of hydrogen-bond acceptors (Lipinski definition) is 5. The van der Waals surface area contributed by atoms with Gasteiger partial charge in [0.25, 0.3) is 0 Å². The van der Waals surface area contributed by atoms with Crippen LogP contribution in [-0.2, 0) is 0 Å². The number of likely N-dealkylation sites (tertiary alicyclic amines) is 1. The van der Waals surface area contributed by atoms with Crippen molar-refractivity contribution in [1.82, 2.24) is 25.1 Å². The van der Waals surface area contributed by atoms with Gasteiger partial charge >= 0.3 is 7.05 Å². The lowest BCUT2D eigenvalue weighted by Gasteiger charge is -2.19. The van der Waals surface area contributed by atoms with Crippen LogP contribution in [0.2, 0.25) is 6.82 Å². The number of nitrogens with zero attached hydrogens (tertiary/aromatic N) is 4. The fourth-order valence-electron chi connectivity index (χ4n) is 2.59. The molecule has 8 heteroatoms. The zero-order valence-corrected chi connectivity index (χ0v) is 11.3. The molecule has 1 aliphatic rings. The molecule has 0 radical (unpaired) electrons. The minimum Gasteiger partial charge on any atom is -0.437 e. The Morgan fingerprint density at radius 3 is 3.10 bits per heavy atom. The molecule has 0 bridgehead atoms. The first-order chi connectivity index (χ1) is 9.65. The summed E-state index contributed by atoms with van der Waals surface area (Å²) in [5.41, 5.74) is 1.62. The van der Waals surface area contributed by atoms with Crippen LogP contribution in [0.1, 0.15) is 6.42 Å². The second-order valence-corrected chi connectivity index (χ2v) is 5.09. The molecule has 0 saturated carbocycles. The third-order valence-electron chi connectivity index (χ3n) is 3.52. The second-order valence-electron chi connectivity index (χ2n) is 5.09. The smallest absolute Gasteiger partial charge is 0.373 e. The lowest BCUT2D eigenvalue weighted by Crippen LogP contribution is -2.43. The van der Waals surface area contributed by atoms with Crippen LogP contribution in [0.25, 0.3) is 11.0 Å². The summed E-state index contributed by atoms with van der Waals surface area (Å²) >= 11 is 0. The molecule has 2 aromatic rings. The fourth-order valence-corrected chi connectivity index (χ4v) is 2.59. The van der Waals surface area contributed by atoms with E-state index in [1.165, 1.54) is 0 Å². The Morgan fingerprint density at radius 1 is 1.50 bits per heavy atom. The molecule has 1 aromatic heterocycles. The van der Waals surface area contributed by atoms with Gasteiger partial charge in [-0.25, -0.2) is 0 Å². The molecule has 3 N–H and O–H groups in total. The summed E-state index contributed by atoms with van der Waals surface area (Å²) in [6.45, 7) is 3.17. The molecule has 0 amide bonds. The van der Waals surface area contributed by atoms with Crippen molar-refractivity contribution in [2.24, 2.45) is 0 Å². The van der Waals surface area contributed by atoms with Crippen molar-refractivity contribution in [2.45, 2.75) is 19.3 Å². The molecular formula is C12H17BN6O. The van der Waals surface area contributed by atoms with Crippen LogP contribution >= 0.6 is 0 Å². The van der Waals surface area contributed by atoms with Crippen molar-refractivity contribution in [3.8, 4) is 0 Å². The van der Waals surface area contributed by atoms with Crippen LogP contribution in [-0.4, -0.2) is 57.1 Å². The number of benzene rings is 1. The minimum absolute atomic E-state index is 0.199. The minimum atomic E-state index is -0.527. The number of fused-ring (bicyclic) bond motifs is 1. The van der Waals surface area contributed by atoms with Crippen molar-refractivity contribution in [3.05, 3.63) is 24.3 Å². The highest BCUT2D eigenvalue weighted by Crippen LogP contribution is 2.14. The number of rotatable bonds is 2. The van der Waals surface area contributed by atoms with Gasteiger partial charge in [-0.3, -0.25) is 5.41 Å². The van der Waals surface area contributed by atoms with Gasteiger partial charge < -0.3 is 15.2 Å². The van der Waals surface area contributed by atoms with E-state index in [4.69, 9.17) is 5.41 Å². The van der Waals surface area contributed by atoms with Crippen molar-refractivity contribution in [2.75, 3.05) is 13.1 Å². The van der Waals surface area contributed by atoms with Crippen LogP contribution in [0.3, 0.4) is 0 Å². The van der Waals surface area contributed by atoms with E-state index in [0.717, 1.165) is 24.0 Å². The number of para-hydroxylation sites is 1. The molecule has 7 nitrogen and oxygen atoms in total. The molecule has 0 spiro atoms. The molecule has 1 fully saturated rings. The SMILES string of the molecule is CB(O)NC1CCN(C(=N)n2nnc3ccccc32)C1. The quantitative estimate of drug-likeness (QED) is 0.406. The van der Waals surface area contributed by atoms with Gasteiger partial charge in [0.1, 0.15) is 5.52 Å². The molecule has 2 heterocycles. The Labute approximate surface area is 117 Å². The first-order valence-electron chi connectivity index (χ1n) is 6.73. The monoisotopic (exact) mass is 272 g/mol. The van der Waals surface area contributed by atoms with Crippen molar-refractivity contribution in [3.63, 3.8) is 0 Å². The molecule has 1 saturated heterocycles. The van der Waals surface area contributed by atoms with Crippen molar-refractivity contribution < 1.29 is 5.02 Å². The molecule has 1 aromatic carbocycles. The van der Waals surface area contributed by atoms with Crippen molar-refractivity contribution >= 4 is 24.0 Å². The first kappa shape index (κ1) is 13.1.